The SMILES string of the molecule is COc1ccc(C)cc1NC(=O)c1ccc(C#N)cc1. The number of rotatable bonds is 3. The number of amides is 1. The van der Waals surface area contributed by atoms with Gasteiger partial charge in [0, 0.05) is 5.56 Å². The number of anilines is 1. The molecule has 0 aliphatic rings. The molecule has 1 amide bonds. The average Bonchev–Trinajstić information content (AvgIpc) is 2.47. The molecule has 0 bridgehead atoms. The zero-order valence-electron chi connectivity index (χ0n) is 11.3. The maximum atomic E-state index is 12.1. The molecule has 0 aliphatic carbocycles. The first-order valence-electron chi connectivity index (χ1n) is 6.10. The van der Waals surface area contributed by atoms with Crippen LogP contribution in [-0.4, -0.2) is 13.0 Å². The number of ether oxygens (including phenoxy) is 1. The molecule has 2 aromatic carbocycles. The maximum absolute atomic E-state index is 12.1. The molecule has 20 heavy (non-hydrogen) atoms. The lowest BCUT2D eigenvalue weighted by atomic mass is 10.1. The minimum absolute atomic E-state index is 0.238. The highest BCUT2D eigenvalue weighted by Gasteiger charge is 2.09. The van der Waals surface area contributed by atoms with Gasteiger partial charge in [0.2, 0.25) is 0 Å². The quantitative estimate of drug-likeness (QED) is 0.928. The molecule has 0 fully saturated rings. The summed E-state index contributed by atoms with van der Waals surface area (Å²) in [6, 6.07) is 14.1. The number of nitriles is 1. The van der Waals surface area contributed by atoms with Gasteiger partial charge in [-0.15, -0.1) is 0 Å². The van der Waals surface area contributed by atoms with Gasteiger partial charge in [-0.05, 0) is 48.9 Å². The van der Waals surface area contributed by atoms with Gasteiger partial charge in [-0.1, -0.05) is 6.07 Å². The van der Waals surface area contributed by atoms with Crippen molar-refractivity contribution >= 4 is 11.6 Å². The van der Waals surface area contributed by atoms with Gasteiger partial charge in [0.1, 0.15) is 5.75 Å². The van der Waals surface area contributed by atoms with Crippen molar-refractivity contribution in [1.82, 2.24) is 0 Å². The van der Waals surface area contributed by atoms with Crippen molar-refractivity contribution in [2.45, 2.75) is 6.92 Å². The van der Waals surface area contributed by atoms with E-state index in [0.29, 0.717) is 22.6 Å². The Balaban J connectivity index is 2.23. The van der Waals surface area contributed by atoms with Crippen LogP contribution in [0, 0.1) is 18.3 Å². The first-order valence-corrected chi connectivity index (χ1v) is 6.10. The molecule has 0 aliphatic heterocycles. The average molecular weight is 266 g/mol. The van der Waals surface area contributed by atoms with E-state index in [2.05, 4.69) is 5.32 Å². The Kier molecular flexibility index (Phi) is 4.02. The number of nitrogens with one attached hydrogen (secondary N) is 1. The Morgan fingerprint density at radius 2 is 1.90 bits per heavy atom. The number of methoxy groups -OCH3 is 1. The fraction of sp³-hybridized carbons (Fsp3) is 0.125. The molecule has 0 spiro atoms. The highest BCUT2D eigenvalue weighted by molar-refractivity contribution is 6.05. The van der Waals surface area contributed by atoms with Gasteiger partial charge >= 0.3 is 0 Å². The van der Waals surface area contributed by atoms with Gasteiger partial charge in [0.05, 0.1) is 24.4 Å². The van der Waals surface area contributed by atoms with E-state index in [4.69, 9.17) is 10.00 Å². The first kappa shape index (κ1) is 13.6. The van der Waals surface area contributed by atoms with E-state index in [1.165, 1.54) is 0 Å². The van der Waals surface area contributed by atoms with E-state index in [1.54, 1.807) is 31.4 Å². The van der Waals surface area contributed by atoms with Crippen LogP contribution in [0.1, 0.15) is 21.5 Å². The normalized spacial score (nSPS) is 9.65. The van der Waals surface area contributed by atoms with Crippen LogP contribution in [0.4, 0.5) is 5.69 Å². The van der Waals surface area contributed by atoms with Crippen molar-refractivity contribution in [2.75, 3.05) is 12.4 Å². The minimum Gasteiger partial charge on any atom is -0.495 e. The number of benzene rings is 2. The summed E-state index contributed by atoms with van der Waals surface area (Å²) in [5.74, 6) is 0.371. The van der Waals surface area contributed by atoms with Crippen LogP contribution in [0.25, 0.3) is 0 Å². The molecule has 0 aromatic heterocycles. The molecular formula is C16H14N2O2. The Morgan fingerprint density at radius 1 is 1.20 bits per heavy atom. The highest BCUT2D eigenvalue weighted by atomic mass is 16.5. The second-order valence-corrected chi connectivity index (χ2v) is 4.35. The third-order valence-electron chi connectivity index (χ3n) is 2.88. The minimum atomic E-state index is -0.238. The third kappa shape index (κ3) is 2.96. The fourth-order valence-corrected chi connectivity index (χ4v) is 1.81. The van der Waals surface area contributed by atoms with Gasteiger partial charge in [0.25, 0.3) is 5.91 Å². The molecule has 2 rings (SSSR count). The summed E-state index contributed by atoms with van der Waals surface area (Å²) in [6.07, 6.45) is 0. The number of nitrogens with zero attached hydrogens (tertiary/aromatic N) is 1. The molecule has 0 heterocycles. The summed E-state index contributed by atoms with van der Waals surface area (Å²) in [4.78, 5) is 12.1. The van der Waals surface area contributed by atoms with E-state index in [1.807, 2.05) is 31.2 Å². The maximum Gasteiger partial charge on any atom is 0.255 e. The van der Waals surface area contributed by atoms with Crippen molar-refractivity contribution in [3.05, 3.63) is 59.2 Å². The molecule has 1 N–H and O–H groups in total. The predicted octanol–water partition coefficient (Wildman–Crippen LogP) is 3.13. The van der Waals surface area contributed by atoms with E-state index in [9.17, 15) is 4.79 Å². The van der Waals surface area contributed by atoms with E-state index >= 15 is 0 Å². The van der Waals surface area contributed by atoms with Gasteiger partial charge in [-0.2, -0.15) is 5.26 Å². The molecule has 100 valence electrons. The lowest BCUT2D eigenvalue weighted by Gasteiger charge is -2.11. The van der Waals surface area contributed by atoms with Crippen LogP contribution in [0.15, 0.2) is 42.5 Å². The number of hydrogen-bond donors (Lipinski definition) is 1. The second-order valence-electron chi connectivity index (χ2n) is 4.35. The first-order chi connectivity index (χ1) is 9.63. The molecule has 4 nitrogen and oxygen atoms in total. The summed E-state index contributed by atoms with van der Waals surface area (Å²) >= 11 is 0. The molecule has 2 aromatic rings. The molecule has 0 unspecified atom stereocenters. The van der Waals surface area contributed by atoms with Gasteiger partial charge in [-0.3, -0.25) is 4.79 Å². The summed E-state index contributed by atoms with van der Waals surface area (Å²) < 4.78 is 5.22. The lowest BCUT2D eigenvalue weighted by molar-refractivity contribution is 0.102. The molecule has 0 saturated carbocycles. The molecule has 0 atom stereocenters. The van der Waals surface area contributed by atoms with Crippen molar-refractivity contribution in [2.24, 2.45) is 0 Å². The van der Waals surface area contributed by atoms with Crippen molar-refractivity contribution < 1.29 is 9.53 Å². The van der Waals surface area contributed by atoms with Crippen LogP contribution in [0.2, 0.25) is 0 Å². The second kappa shape index (κ2) is 5.89. The lowest BCUT2D eigenvalue weighted by Crippen LogP contribution is -2.12. The Morgan fingerprint density at radius 3 is 2.50 bits per heavy atom. The van der Waals surface area contributed by atoms with E-state index in [-0.39, 0.29) is 5.91 Å². The number of aryl methyl sites for hydroxylation is 1. The zero-order chi connectivity index (χ0) is 14.5. The Labute approximate surface area is 117 Å². The molecule has 0 saturated heterocycles. The molecule has 0 radical (unpaired) electrons. The number of carbonyl (C=O) groups is 1. The summed E-state index contributed by atoms with van der Waals surface area (Å²) in [5.41, 5.74) is 2.67. The third-order valence-corrected chi connectivity index (χ3v) is 2.88. The Hall–Kier alpha value is -2.80. The van der Waals surface area contributed by atoms with Crippen LogP contribution in [0.3, 0.4) is 0 Å². The van der Waals surface area contributed by atoms with E-state index in [0.717, 1.165) is 5.56 Å². The number of hydrogen-bond acceptors (Lipinski definition) is 3. The summed E-state index contributed by atoms with van der Waals surface area (Å²) in [6.45, 7) is 1.94. The largest absolute Gasteiger partial charge is 0.495 e. The summed E-state index contributed by atoms with van der Waals surface area (Å²) in [5, 5.41) is 11.5. The van der Waals surface area contributed by atoms with Gasteiger partial charge < -0.3 is 10.1 Å². The van der Waals surface area contributed by atoms with Crippen molar-refractivity contribution in [3.8, 4) is 11.8 Å². The van der Waals surface area contributed by atoms with Crippen molar-refractivity contribution in [3.63, 3.8) is 0 Å². The number of carbonyl (C=O) groups excluding carboxylic acids is 1. The fourth-order valence-electron chi connectivity index (χ4n) is 1.81. The Bertz CT molecular complexity index is 670. The monoisotopic (exact) mass is 266 g/mol. The van der Waals surface area contributed by atoms with Gasteiger partial charge in [-0.25, -0.2) is 0 Å². The topological polar surface area (TPSA) is 62.1 Å². The standard InChI is InChI=1S/C16H14N2O2/c1-11-3-8-15(20-2)14(9-11)18-16(19)13-6-4-12(10-17)5-7-13/h3-9H,1-2H3,(H,18,19). The van der Waals surface area contributed by atoms with Crippen LogP contribution >= 0.6 is 0 Å². The van der Waals surface area contributed by atoms with E-state index < -0.39 is 0 Å². The highest BCUT2D eigenvalue weighted by Crippen LogP contribution is 2.25. The van der Waals surface area contributed by atoms with Gasteiger partial charge in [0.15, 0.2) is 0 Å². The smallest absolute Gasteiger partial charge is 0.255 e. The van der Waals surface area contributed by atoms with Crippen LogP contribution < -0.4 is 10.1 Å². The van der Waals surface area contributed by atoms with Crippen LogP contribution in [-0.2, 0) is 0 Å². The van der Waals surface area contributed by atoms with Crippen LogP contribution in [0.5, 0.6) is 5.75 Å². The van der Waals surface area contributed by atoms with Crippen molar-refractivity contribution in [1.29, 1.82) is 5.26 Å². The summed E-state index contributed by atoms with van der Waals surface area (Å²) in [7, 11) is 1.56. The zero-order valence-corrected chi connectivity index (χ0v) is 11.3. The molecular weight excluding hydrogens is 252 g/mol. The predicted molar refractivity (Wildman–Crippen MR) is 76.8 cm³/mol. The molecule has 4 heteroatoms.